The summed E-state index contributed by atoms with van der Waals surface area (Å²) in [6, 6.07) is 8.32. The number of benzene rings is 1. The molecule has 0 heterocycles. The Labute approximate surface area is 110 Å². The number of nitrogens with zero attached hydrogens (tertiary/aromatic N) is 2. The van der Waals surface area contributed by atoms with Crippen molar-refractivity contribution in [3.63, 3.8) is 0 Å². The molecule has 4 heteroatoms. The Morgan fingerprint density at radius 1 is 1.22 bits per heavy atom. The van der Waals surface area contributed by atoms with Crippen molar-refractivity contribution in [2.75, 3.05) is 39.1 Å². The molecule has 0 atom stereocenters. The van der Waals surface area contributed by atoms with E-state index in [0.717, 1.165) is 18.8 Å². The highest BCUT2D eigenvalue weighted by atomic mass is 16.2. The SMILES string of the molecule is CCN(CC(=O)N(C)C)c1ccc(CNC)cc1. The Morgan fingerprint density at radius 3 is 2.28 bits per heavy atom. The first-order valence-corrected chi connectivity index (χ1v) is 6.27. The number of carbonyl (C=O) groups excluding carboxylic acids is 1. The van der Waals surface area contributed by atoms with E-state index in [0.29, 0.717) is 6.54 Å². The summed E-state index contributed by atoms with van der Waals surface area (Å²) >= 11 is 0. The molecule has 0 aromatic heterocycles. The van der Waals surface area contributed by atoms with Crippen molar-refractivity contribution in [1.82, 2.24) is 10.2 Å². The van der Waals surface area contributed by atoms with Crippen LogP contribution < -0.4 is 10.2 Å². The van der Waals surface area contributed by atoms with Gasteiger partial charge in [0, 0.05) is 32.9 Å². The predicted molar refractivity (Wildman–Crippen MR) is 75.8 cm³/mol. The lowest BCUT2D eigenvalue weighted by Crippen LogP contribution is -2.36. The first kappa shape index (κ1) is 14.5. The van der Waals surface area contributed by atoms with E-state index in [1.807, 2.05) is 7.05 Å². The van der Waals surface area contributed by atoms with E-state index < -0.39 is 0 Å². The lowest BCUT2D eigenvalue weighted by molar-refractivity contribution is -0.127. The third-order valence-electron chi connectivity index (χ3n) is 2.89. The summed E-state index contributed by atoms with van der Waals surface area (Å²) in [6.45, 7) is 4.17. The largest absolute Gasteiger partial charge is 0.362 e. The fourth-order valence-corrected chi connectivity index (χ4v) is 1.72. The number of anilines is 1. The van der Waals surface area contributed by atoms with Crippen molar-refractivity contribution in [3.8, 4) is 0 Å². The van der Waals surface area contributed by atoms with Crippen LogP contribution in [0.4, 0.5) is 5.69 Å². The molecule has 18 heavy (non-hydrogen) atoms. The average molecular weight is 249 g/mol. The molecule has 1 N–H and O–H groups in total. The van der Waals surface area contributed by atoms with Gasteiger partial charge in [0.1, 0.15) is 0 Å². The Hall–Kier alpha value is -1.55. The summed E-state index contributed by atoms with van der Waals surface area (Å²) in [5.74, 6) is 0.121. The fraction of sp³-hybridized carbons (Fsp3) is 0.500. The summed E-state index contributed by atoms with van der Waals surface area (Å²) in [6.07, 6.45) is 0. The van der Waals surface area contributed by atoms with E-state index in [4.69, 9.17) is 0 Å². The van der Waals surface area contributed by atoms with Crippen molar-refractivity contribution in [3.05, 3.63) is 29.8 Å². The summed E-state index contributed by atoms with van der Waals surface area (Å²) in [4.78, 5) is 15.4. The average Bonchev–Trinajstić information content (AvgIpc) is 2.37. The van der Waals surface area contributed by atoms with Crippen LogP contribution in [0.25, 0.3) is 0 Å². The van der Waals surface area contributed by atoms with Crippen LogP contribution in [0.3, 0.4) is 0 Å². The van der Waals surface area contributed by atoms with Crippen LogP contribution in [-0.4, -0.2) is 45.0 Å². The highest BCUT2D eigenvalue weighted by Crippen LogP contribution is 2.15. The summed E-state index contributed by atoms with van der Waals surface area (Å²) in [5.41, 5.74) is 2.34. The minimum absolute atomic E-state index is 0.121. The normalized spacial score (nSPS) is 10.2. The van der Waals surface area contributed by atoms with Crippen LogP contribution >= 0.6 is 0 Å². The zero-order valence-corrected chi connectivity index (χ0v) is 11.7. The molecule has 0 unspecified atom stereocenters. The number of hydrogen-bond donors (Lipinski definition) is 1. The van der Waals surface area contributed by atoms with Gasteiger partial charge in [0.25, 0.3) is 0 Å². The van der Waals surface area contributed by atoms with Crippen molar-refractivity contribution in [1.29, 1.82) is 0 Å². The molecule has 1 aromatic carbocycles. The van der Waals surface area contributed by atoms with Gasteiger partial charge >= 0.3 is 0 Å². The van der Waals surface area contributed by atoms with E-state index in [2.05, 4.69) is 41.4 Å². The molecule has 0 radical (unpaired) electrons. The quantitative estimate of drug-likeness (QED) is 0.826. The Balaban J connectivity index is 2.73. The molecule has 4 nitrogen and oxygen atoms in total. The van der Waals surface area contributed by atoms with Gasteiger partial charge in [-0.2, -0.15) is 0 Å². The Morgan fingerprint density at radius 2 is 1.83 bits per heavy atom. The Kier molecular flexibility index (Phi) is 5.65. The first-order valence-electron chi connectivity index (χ1n) is 6.27. The molecule has 0 aliphatic rings. The lowest BCUT2D eigenvalue weighted by Gasteiger charge is -2.24. The van der Waals surface area contributed by atoms with Crippen molar-refractivity contribution in [2.24, 2.45) is 0 Å². The van der Waals surface area contributed by atoms with Crippen LogP contribution in [0.5, 0.6) is 0 Å². The van der Waals surface area contributed by atoms with Crippen molar-refractivity contribution in [2.45, 2.75) is 13.5 Å². The first-order chi connectivity index (χ1) is 8.58. The summed E-state index contributed by atoms with van der Waals surface area (Å²) in [7, 11) is 5.50. The van der Waals surface area contributed by atoms with Gasteiger partial charge in [0.2, 0.25) is 5.91 Å². The molecular formula is C14H23N3O. The zero-order valence-electron chi connectivity index (χ0n) is 11.7. The third-order valence-corrected chi connectivity index (χ3v) is 2.89. The molecule has 100 valence electrons. The molecule has 0 saturated heterocycles. The second kappa shape index (κ2) is 7.01. The van der Waals surface area contributed by atoms with Crippen LogP contribution in [0.15, 0.2) is 24.3 Å². The molecule has 1 rings (SSSR count). The summed E-state index contributed by atoms with van der Waals surface area (Å²) < 4.78 is 0. The zero-order chi connectivity index (χ0) is 13.5. The molecule has 0 aliphatic heterocycles. The second-order valence-corrected chi connectivity index (χ2v) is 4.50. The minimum Gasteiger partial charge on any atom is -0.362 e. The maximum absolute atomic E-state index is 11.7. The summed E-state index contributed by atoms with van der Waals surface area (Å²) in [5, 5.41) is 3.12. The molecule has 0 spiro atoms. The van der Waals surface area contributed by atoms with Gasteiger partial charge in [-0.15, -0.1) is 0 Å². The van der Waals surface area contributed by atoms with Gasteiger partial charge < -0.3 is 15.1 Å². The Bertz CT molecular complexity index is 373. The smallest absolute Gasteiger partial charge is 0.241 e. The number of rotatable bonds is 6. The highest BCUT2D eigenvalue weighted by Gasteiger charge is 2.11. The molecule has 0 aliphatic carbocycles. The second-order valence-electron chi connectivity index (χ2n) is 4.50. The van der Waals surface area contributed by atoms with E-state index in [-0.39, 0.29) is 5.91 Å². The highest BCUT2D eigenvalue weighted by molar-refractivity contribution is 5.81. The van der Waals surface area contributed by atoms with Gasteiger partial charge in [-0.3, -0.25) is 4.79 Å². The predicted octanol–water partition coefficient (Wildman–Crippen LogP) is 1.32. The van der Waals surface area contributed by atoms with Crippen molar-refractivity contribution < 1.29 is 4.79 Å². The maximum Gasteiger partial charge on any atom is 0.241 e. The maximum atomic E-state index is 11.7. The number of amides is 1. The molecule has 0 fully saturated rings. The van der Waals surface area contributed by atoms with Crippen LogP contribution in [0.2, 0.25) is 0 Å². The van der Waals surface area contributed by atoms with E-state index in [9.17, 15) is 4.79 Å². The van der Waals surface area contributed by atoms with Gasteiger partial charge in [0.15, 0.2) is 0 Å². The van der Waals surface area contributed by atoms with Gasteiger partial charge in [0.05, 0.1) is 6.54 Å². The van der Waals surface area contributed by atoms with Crippen LogP contribution in [0, 0.1) is 0 Å². The van der Waals surface area contributed by atoms with Gasteiger partial charge in [-0.1, -0.05) is 12.1 Å². The van der Waals surface area contributed by atoms with Crippen LogP contribution in [0.1, 0.15) is 12.5 Å². The monoisotopic (exact) mass is 249 g/mol. The van der Waals surface area contributed by atoms with E-state index in [1.165, 1.54) is 5.56 Å². The standard InChI is InChI=1S/C14H23N3O/c1-5-17(11-14(18)16(3)4)13-8-6-12(7-9-13)10-15-2/h6-9,15H,5,10-11H2,1-4H3. The van der Waals surface area contributed by atoms with Gasteiger partial charge in [-0.25, -0.2) is 0 Å². The van der Waals surface area contributed by atoms with Gasteiger partial charge in [-0.05, 0) is 31.7 Å². The number of carbonyl (C=O) groups is 1. The molecular weight excluding hydrogens is 226 g/mol. The molecule has 0 saturated carbocycles. The fourth-order valence-electron chi connectivity index (χ4n) is 1.72. The van der Waals surface area contributed by atoms with Crippen molar-refractivity contribution >= 4 is 11.6 Å². The minimum atomic E-state index is 0.121. The number of nitrogens with one attached hydrogen (secondary N) is 1. The number of hydrogen-bond acceptors (Lipinski definition) is 3. The topological polar surface area (TPSA) is 35.6 Å². The molecule has 1 amide bonds. The lowest BCUT2D eigenvalue weighted by atomic mass is 10.2. The number of likely N-dealkylation sites (N-methyl/N-ethyl adjacent to an activating group) is 2. The van der Waals surface area contributed by atoms with Crippen LogP contribution in [-0.2, 0) is 11.3 Å². The third kappa shape index (κ3) is 4.04. The van der Waals surface area contributed by atoms with E-state index >= 15 is 0 Å². The van der Waals surface area contributed by atoms with E-state index in [1.54, 1.807) is 19.0 Å². The molecule has 0 bridgehead atoms. The molecule has 1 aromatic rings.